The Morgan fingerprint density at radius 3 is 2.32 bits per heavy atom. The third kappa shape index (κ3) is 4.21. The molecule has 0 aromatic heterocycles. The maximum Gasteiger partial charge on any atom is 0.573 e. The standard InChI is InChI=1S/C15H11F4NO2/c16-10-3-1-9(2-4-10)7-13(21)12-8-11(20)5-6-14(12)22-15(17,18)19/h1-6,8H,7,20H2. The molecule has 0 fully saturated rings. The van der Waals surface area contributed by atoms with Crippen LogP contribution in [-0.2, 0) is 6.42 Å². The van der Waals surface area contributed by atoms with Crippen molar-refractivity contribution in [3.8, 4) is 5.75 Å². The van der Waals surface area contributed by atoms with E-state index in [1.807, 2.05) is 0 Å². The Labute approximate surface area is 123 Å². The molecule has 0 amide bonds. The normalized spacial score (nSPS) is 11.3. The second-order valence-electron chi connectivity index (χ2n) is 4.53. The number of alkyl halides is 3. The summed E-state index contributed by atoms with van der Waals surface area (Å²) >= 11 is 0. The summed E-state index contributed by atoms with van der Waals surface area (Å²) in [5, 5.41) is 0. The van der Waals surface area contributed by atoms with Crippen LogP contribution >= 0.6 is 0 Å². The summed E-state index contributed by atoms with van der Waals surface area (Å²) in [6.45, 7) is 0. The van der Waals surface area contributed by atoms with E-state index in [0.29, 0.717) is 5.56 Å². The van der Waals surface area contributed by atoms with Gasteiger partial charge in [-0.1, -0.05) is 12.1 Å². The highest BCUT2D eigenvalue weighted by atomic mass is 19.4. The molecule has 0 radical (unpaired) electrons. The molecule has 0 saturated heterocycles. The number of carbonyl (C=O) groups excluding carboxylic acids is 1. The van der Waals surface area contributed by atoms with Crippen molar-refractivity contribution in [2.45, 2.75) is 12.8 Å². The summed E-state index contributed by atoms with van der Waals surface area (Å²) in [6, 6.07) is 8.39. The van der Waals surface area contributed by atoms with Gasteiger partial charge in [0, 0.05) is 12.1 Å². The predicted molar refractivity (Wildman–Crippen MR) is 72.0 cm³/mol. The van der Waals surface area contributed by atoms with Gasteiger partial charge < -0.3 is 10.5 Å². The summed E-state index contributed by atoms with van der Waals surface area (Å²) in [5.74, 6) is -1.70. The molecule has 0 atom stereocenters. The van der Waals surface area contributed by atoms with Crippen molar-refractivity contribution in [3.63, 3.8) is 0 Å². The Morgan fingerprint density at radius 1 is 1.09 bits per heavy atom. The third-order valence-corrected chi connectivity index (χ3v) is 2.81. The highest BCUT2D eigenvalue weighted by Gasteiger charge is 2.33. The minimum Gasteiger partial charge on any atom is -0.405 e. The first kappa shape index (κ1) is 15.8. The molecule has 2 N–H and O–H groups in total. The number of anilines is 1. The molecule has 0 unspecified atom stereocenters. The molecule has 7 heteroatoms. The number of benzene rings is 2. The number of halogens is 4. The van der Waals surface area contributed by atoms with E-state index in [1.54, 1.807) is 0 Å². The average Bonchev–Trinajstić information content (AvgIpc) is 2.42. The minimum atomic E-state index is -4.92. The lowest BCUT2D eigenvalue weighted by Gasteiger charge is -2.13. The van der Waals surface area contributed by atoms with Crippen LogP contribution in [0.4, 0.5) is 23.2 Å². The van der Waals surface area contributed by atoms with Gasteiger partial charge in [-0.25, -0.2) is 4.39 Å². The monoisotopic (exact) mass is 313 g/mol. The third-order valence-electron chi connectivity index (χ3n) is 2.81. The number of Topliss-reactive ketones (excluding diaryl/α,β-unsaturated/α-hetero) is 1. The lowest BCUT2D eigenvalue weighted by Crippen LogP contribution is -2.19. The number of nitrogen functional groups attached to an aromatic ring is 1. The summed E-state index contributed by atoms with van der Waals surface area (Å²) < 4.78 is 53.7. The zero-order valence-corrected chi connectivity index (χ0v) is 11.2. The number of ether oxygens (including phenoxy) is 1. The number of carbonyl (C=O) groups is 1. The average molecular weight is 313 g/mol. The van der Waals surface area contributed by atoms with Crippen LogP contribution in [0.15, 0.2) is 42.5 Å². The maximum atomic E-state index is 12.8. The van der Waals surface area contributed by atoms with Gasteiger partial charge in [-0.3, -0.25) is 4.79 Å². The van der Waals surface area contributed by atoms with E-state index in [9.17, 15) is 22.4 Å². The molecule has 3 nitrogen and oxygen atoms in total. The molecule has 0 aliphatic carbocycles. The van der Waals surface area contributed by atoms with Gasteiger partial charge in [-0.05, 0) is 35.9 Å². The molecule has 0 heterocycles. The molecule has 0 aliphatic rings. The molecule has 2 aromatic rings. The topological polar surface area (TPSA) is 52.3 Å². The van der Waals surface area contributed by atoms with Gasteiger partial charge in [-0.15, -0.1) is 13.2 Å². The van der Waals surface area contributed by atoms with Crippen molar-refractivity contribution in [2.24, 2.45) is 0 Å². The molecular formula is C15H11F4NO2. The Balaban J connectivity index is 2.28. The van der Waals surface area contributed by atoms with E-state index in [0.717, 1.165) is 24.3 Å². The lowest BCUT2D eigenvalue weighted by molar-refractivity contribution is -0.274. The summed E-state index contributed by atoms with van der Waals surface area (Å²) in [5.41, 5.74) is 5.83. The molecule has 22 heavy (non-hydrogen) atoms. The van der Waals surface area contributed by atoms with E-state index in [-0.39, 0.29) is 17.7 Å². The minimum absolute atomic E-state index is 0.136. The zero-order valence-electron chi connectivity index (χ0n) is 11.2. The van der Waals surface area contributed by atoms with Crippen molar-refractivity contribution in [3.05, 3.63) is 59.4 Å². The zero-order chi connectivity index (χ0) is 16.3. The molecule has 0 saturated carbocycles. The van der Waals surface area contributed by atoms with Crippen LogP contribution in [0.25, 0.3) is 0 Å². The first-order valence-electron chi connectivity index (χ1n) is 6.17. The molecule has 2 rings (SSSR count). The fourth-order valence-corrected chi connectivity index (χ4v) is 1.86. The number of nitrogens with two attached hydrogens (primary N) is 1. The number of hydrogen-bond acceptors (Lipinski definition) is 3. The van der Waals surface area contributed by atoms with Crippen LogP contribution in [0.5, 0.6) is 5.75 Å². The summed E-state index contributed by atoms with van der Waals surface area (Å²) in [6.07, 6.45) is -5.11. The van der Waals surface area contributed by atoms with Crippen LogP contribution in [0, 0.1) is 5.82 Å². The second-order valence-corrected chi connectivity index (χ2v) is 4.53. The van der Waals surface area contributed by atoms with Gasteiger partial charge in [0.05, 0.1) is 5.56 Å². The van der Waals surface area contributed by atoms with Crippen LogP contribution in [0.2, 0.25) is 0 Å². The Hall–Kier alpha value is -2.57. The highest BCUT2D eigenvalue weighted by molar-refractivity contribution is 6.00. The van der Waals surface area contributed by atoms with E-state index in [4.69, 9.17) is 5.73 Å². The summed E-state index contributed by atoms with van der Waals surface area (Å²) in [4.78, 5) is 12.2. The Bertz CT molecular complexity index is 681. The van der Waals surface area contributed by atoms with Crippen molar-refractivity contribution in [2.75, 3.05) is 5.73 Å². The SMILES string of the molecule is Nc1ccc(OC(F)(F)F)c(C(=O)Cc2ccc(F)cc2)c1. The lowest BCUT2D eigenvalue weighted by atomic mass is 10.0. The molecule has 0 aliphatic heterocycles. The van der Waals surface area contributed by atoms with Gasteiger partial charge in [0.25, 0.3) is 0 Å². The predicted octanol–water partition coefficient (Wildman–Crippen LogP) is 3.73. The van der Waals surface area contributed by atoms with Gasteiger partial charge in [0.2, 0.25) is 0 Å². The molecule has 0 spiro atoms. The van der Waals surface area contributed by atoms with E-state index >= 15 is 0 Å². The molecule has 116 valence electrons. The molecular weight excluding hydrogens is 302 g/mol. The van der Waals surface area contributed by atoms with Gasteiger partial charge in [0.15, 0.2) is 5.78 Å². The second kappa shape index (κ2) is 6.05. The van der Waals surface area contributed by atoms with Crippen molar-refractivity contribution < 1.29 is 27.1 Å². The first-order chi connectivity index (χ1) is 10.2. The van der Waals surface area contributed by atoms with Crippen LogP contribution < -0.4 is 10.5 Å². The summed E-state index contributed by atoms with van der Waals surface area (Å²) in [7, 11) is 0. The van der Waals surface area contributed by atoms with Crippen LogP contribution in [-0.4, -0.2) is 12.1 Å². The maximum absolute atomic E-state index is 12.8. The Kier molecular flexibility index (Phi) is 4.35. The van der Waals surface area contributed by atoms with Gasteiger partial charge in [0.1, 0.15) is 11.6 Å². The largest absolute Gasteiger partial charge is 0.573 e. The fraction of sp³-hybridized carbons (Fsp3) is 0.133. The van der Waals surface area contributed by atoms with E-state index in [1.165, 1.54) is 18.2 Å². The quantitative estimate of drug-likeness (QED) is 0.531. The van der Waals surface area contributed by atoms with E-state index < -0.39 is 23.7 Å². The van der Waals surface area contributed by atoms with Gasteiger partial charge in [-0.2, -0.15) is 0 Å². The molecule has 0 bridgehead atoms. The molecule has 2 aromatic carbocycles. The van der Waals surface area contributed by atoms with Crippen molar-refractivity contribution in [1.29, 1.82) is 0 Å². The smallest absolute Gasteiger partial charge is 0.405 e. The van der Waals surface area contributed by atoms with Crippen molar-refractivity contribution >= 4 is 11.5 Å². The van der Waals surface area contributed by atoms with E-state index in [2.05, 4.69) is 4.74 Å². The number of ketones is 1. The van der Waals surface area contributed by atoms with Gasteiger partial charge >= 0.3 is 6.36 Å². The van der Waals surface area contributed by atoms with Crippen molar-refractivity contribution in [1.82, 2.24) is 0 Å². The van der Waals surface area contributed by atoms with Crippen LogP contribution in [0.3, 0.4) is 0 Å². The number of rotatable bonds is 4. The number of hydrogen-bond donors (Lipinski definition) is 1. The first-order valence-corrected chi connectivity index (χ1v) is 6.17. The highest BCUT2D eigenvalue weighted by Crippen LogP contribution is 2.29. The van der Waals surface area contributed by atoms with Crippen LogP contribution in [0.1, 0.15) is 15.9 Å². The Morgan fingerprint density at radius 2 is 1.73 bits per heavy atom. The fourth-order valence-electron chi connectivity index (χ4n) is 1.86.